The molecule has 32 heavy (non-hydrogen) atoms. The van der Waals surface area contributed by atoms with Crippen molar-refractivity contribution in [3.8, 4) is 17.1 Å². The molecule has 0 aliphatic heterocycles. The van der Waals surface area contributed by atoms with Crippen LogP contribution < -0.4 is 10.1 Å². The molecule has 0 aliphatic rings. The number of rotatable bonds is 4. The first-order chi connectivity index (χ1) is 15.2. The molecule has 0 saturated heterocycles. The van der Waals surface area contributed by atoms with Gasteiger partial charge in [0.05, 0.1) is 18.4 Å². The highest BCUT2D eigenvalue weighted by atomic mass is 19.4. The number of anilines is 1. The molecule has 4 rings (SSSR count). The van der Waals surface area contributed by atoms with Gasteiger partial charge in [-0.15, -0.1) is 0 Å². The third kappa shape index (κ3) is 3.77. The lowest BCUT2D eigenvalue weighted by Crippen LogP contribution is -2.15. The van der Waals surface area contributed by atoms with Crippen molar-refractivity contribution < 1.29 is 31.5 Å². The van der Waals surface area contributed by atoms with E-state index < -0.39 is 34.8 Å². The molecule has 0 saturated carbocycles. The number of carbonyl (C=O) groups excluding carboxylic acids is 1. The number of halogens is 5. The molecule has 0 bridgehead atoms. The van der Waals surface area contributed by atoms with E-state index in [1.165, 1.54) is 47.9 Å². The molecule has 0 fully saturated rings. The van der Waals surface area contributed by atoms with Crippen LogP contribution in [0.1, 0.15) is 15.9 Å². The van der Waals surface area contributed by atoms with Gasteiger partial charge in [0.15, 0.2) is 5.88 Å². The fourth-order valence-corrected chi connectivity index (χ4v) is 3.47. The van der Waals surface area contributed by atoms with Gasteiger partial charge >= 0.3 is 6.18 Å². The zero-order valence-corrected chi connectivity index (χ0v) is 16.5. The van der Waals surface area contributed by atoms with Crippen LogP contribution in [0.25, 0.3) is 16.8 Å². The lowest BCUT2D eigenvalue weighted by Gasteiger charge is -2.13. The maximum Gasteiger partial charge on any atom is 0.418 e. The number of nitrogens with one attached hydrogen (secondary N) is 1. The maximum absolute atomic E-state index is 13.8. The van der Waals surface area contributed by atoms with Crippen LogP contribution in [0.5, 0.6) is 5.88 Å². The van der Waals surface area contributed by atoms with E-state index in [-0.39, 0.29) is 22.8 Å². The Morgan fingerprint density at radius 3 is 2.16 bits per heavy atom. The van der Waals surface area contributed by atoms with Crippen LogP contribution in [-0.2, 0) is 6.18 Å². The Bertz CT molecular complexity index is 1290. The molecule has 0 radical (unpaired) electrons. The molecule has 0 aliphatic carbocycles. The summed E-state index contributed by atoms with van der Waals surface area (Å²) in [5.74, 6) is -2.86. The first-order valence-corrected chi connectivity index (χ1v) is 9.32. The SMILES string of the molecule is COc1cccc2cc(C(F)(F)F)c(-c3ccc(NC(=O)c4c(F)cccc4F)cc3)n12. The van der Waals surface area contributed by atoms with E-state index in [4.69, 9.17) is 4.74 Å². The topological polar surface area (TPSA) is 42.7 Å². The molecule has 9 heteroatoms. The molecule has 4 nitrogen and oxygen atoms in total. The number of carbonyl (C=O) groups is 1. The Morgan fingerprint density at radius 2 is 1.56 bits per heavy atom. The number of methoxy groups -OCH3 is 1. The molecular weight excluding hydrogens is 431 g/mol. The van der Waals surface area contributed by atoms with E-state index in [9.17, 15) is 26.7 Å². The number of hydrogen-bond acceptors (Lipinski definition) is 2. The van der Waals surface area contributed by atoms with E-state index in [0.717, 1.165) is 24.3 Å². The van der Waals surface area contributed by atoms with Crippen molar-refractivity contribution in [3.63, 3.8) is 0 Å². The Morgan fingerprint density at radius 1 is 0.938 bits per heavy atom. The predicted octanol–water partition coefficient (Wildman–Crippen LogP) is 6.16. The van der Waals surface area contributed by atoms with Gasteiger partial charge in [-0.3, -0.25) is 9.20 Å². The van der Waals surface area contributed by atoms with Gasteiger partial charge in [-0.1, -0.05) is 24.3 Å². The van der Waals surface area contributed by atoms with Gasteiger partial charge in [0, 0.05) is 11.2 Å². The first kappa shape index (κ1) is 21.4. The summed E-state index contributed by atoms with van der Waals surface area (Å²) in [6.07, 6.45) is -4.62. The quantitative estimate of drug-likeness (QED) is 0.382. The van der Waals surface area contributed by atoms with Crippen LogP contribution in [-0.4, -0.2) is 17.4 Å². The lowest BCUT2D eigenvalue weighted by molar-refractivity contribution is -0.137. The molecule has 0 atom stereocenters. The minimum absolute atomic E-state index is 0.136. The summed E-state index contributed by atoms with van der Waals surface area (Å²) in [7, 11) is 1.35. The number of benzene rings is 2. The van der Waals surface area contributed by atoms with Gasteiger partial charge < -0.3 is 10.1 Å². The molecule has 0 spiro atoms. The normalized spacial score (nSPS) is 11.6. The van der Waals surface area contributed by atoms with E-state index in [1.54, 1.807) is 6.07 Å². The van der Waals surface area contributed by atoms with Crippen molar-refractivity contribution >= 4 is 17.1 Å². The summed E-state index contributed by atoms with van der Waals surface area (Å²) in [4.78, 5) is 12.3. The van der Waals surface area contributed by atoms with Gasteiger partial charge in [0.1, 0.15) is 17.2 Å². The second kappa shape index (κ2) is 7.99. The maximum atomic E-state index is 13.8. The van der Waals surface area contributed by atoms with Crippen molar-refractivity contribution in [2.75, 3.05) is 12.4 Å². The third-order valence-corrected chi connectivity index (χ3v) is 4.88. The number of ether oxygens (including phenoxy) is 1. The molecule has 164 valence electrons. The van der Waals surface area contributed by atoms with Crippen molar-refractivity contribution in [1.82, 2.24) is 4.40 Å². The number of amides is 1. The van der Waals surface area contributed by atoms with Crippen molar-refractivity contribution in [2.45, 2.75) is 6.18 Å². The van der Waals surface area contributed by atoms with E-state index >= 15 is 0 Å². The fraction of sp³-hybridized carbons (Fsp3) is 0.0870. The highest BCUT2D eigenvalue weighted by Crippen LogP contribution is 2.41. The van der Waals surface area contributed by atoms with Crippen molar-refractivity contribution in [3.05, 3.63) is 89.5 Å². The summed E-state index contributed by atoms with van der Waals surface area (Å²) in [5.41, 5.74) is -1.09. The lowest BCUT2D eigenvalue weighted by atomic mass is 10.1. The van der Waals surface area contributed by atoms with Crippen LogP contribution in [0.15, 0.2) is 66.7 Å². The summed E-state index contributed by atoms with van der Waals surface area (Å²) in [6.45, 7) is 0. The molecule has 1 N–H and O–H groups in total. The number of nitrogens with zero attached hydrogens (tertiary/aromatic N) is 1. The van der Waals surface area contributed by atoms with E-state index in [2.05, 4.69) is 5.32 Å². The summed E-state index contributed by atoms with van der Waals surface area (Å²) in [6, 6.07) is 14.1. The molecule has 2 aromatic heterocycles. The third-order valence-electron chi connectivity index (χ3n) is 4.88. The van der Waals surface area contributed by atoms with Crippen molar-refractivity contribution in [2.24, 2.45) is 0 Å². The molecule has 2 aromatic carbocycles. The predicted molar refractivity (Wildman–Crippen MR) is 109 cm³/mol. The second-order valence-electron chi connectivity index (χ2n) is 6.86. The Hall–Kier alpha value is -3.88. The highest BCUT2D eigenvalue weighted by Gasteiger charge is 2.36. The van der Waals surface area contributed by atoms with Gasteiger partial charge in [0.25, 0.3) is 5.91 Å². The standard InChI is InChI=1S/C23H15F5N2O2/c1-32-19-7-2-4-15-12-16(23(26,27)28)21(30(15)19)13-8-10-14(11-9-13)29-22(31)20-17(24)5-3-6-18(20)25/h2-12H,1H3,(H,29,31). The first-order valence-electron chi connectivity index (χ1n) is 9.32. The van der Waals surface area contributed by atoms with E-state index in [0.29, 0.717) is 5.52 Å². The average molecular weight is 446 g/mol. The number of aromatic nitrogens is 1. The van der Waals surface area contributed by atoms with Crippen LogP contribution in [0.3, 0.4) is 0 Å². The van der Waals surface area contributed by atoms with Crippen LogP contribution in [0.4, 0.5) is 27.6 Å². The molecule has 1 amide bonds. The number of fused-ring (bicyclic) bond motifs is 1. The second-order valence-corrected chi connectivity index (χ2v) is 6.86. The minimum Gasteiger partial charge on any atom is -0.482 e. The largest absolute Gasteiger partial charge is 0.482 e. The molecule has 2 heterocycles. The van der Waals surface area contributed by atoms with Gasteiger partial charge in [-0.05, 0) is 48.0 Å². The van der Waals surface area contributed by atoms with Crippen LogP contribution in [0, 0.1) is 11.6 Å². The Kier molecular flexibility index (Phi) is 5.33. The van der Waals surface area contributed by atoms with Gasteiger partial charge in [0.2, 0.25) is 0 Å². The minimum atomic E-state index is -4.62. The summed E-state index contributed by atoms with van der Waals surface area (Å²) >= 11 is 0. The smallest absolute Gasteiger partial charge is 0.418 e. The van der Waals surface area contributed by atoms with Gasteiger partial charge in [-0.2, -0.15) is 13.2 Å². The van der Waals surface area contributed by atoms with Crippen molar-refractivity contribution in [1.29, 1.82) is 0 Å². The molecular formula is C23H15F5N2O2. The highest BCUT2D eigenvalue weighted by molar-refractivity contribution is 6.04. The Labute approximate surface area is 178 Å². The molecule has 4 aromatic rings. The van der Waals surface area contributed by atoms with Crippen LogP contribution >= 0.6 is 0 Å². The zero-order chi connectivity index (χ0) is 23.0. The van der Waals surface area contributed by atoms with E-state index in [1.807, 2.05) is 0 Å². The molecule has 0 unspecified atom stereocenters. The summed E-state index contributed by atoms with van der Waals surface area (Å²) in [5, 5.41) is 2.34. The zero-order valence-electron chi connectivity index (χ0n) is 16.5. The number of pyridine rings is 1. The average Bonchev–Trinajstić information content (AvgIpc) is 3.14. The number of alkyl halides is 3. The van der Waals surface area contributed by atoms with Gasteiger partial charge in [-0.25, -0.2) is 8.78 Å². The monoisotopic (exact) mass is 446 g/mol. The van der Waals surface area contributed by atoms with Crippen LogP contribution in [0.2, 0.25) is 0 Å². The summed E-state index contributed by atoms with van der Waals surface area (Å²) < 4.78 is 75.4. The Balaban J connectivity index is 1.74. The number of hydrogen-bond donors (Lipinski definition) is 1. The fourth-order valence-electron chi connectivity index (χ4n) is 3.47.